The third-order valence-electron chi connectivity index (χ3n) is 8.26. The van der Waals surface area contributed by atoms with Gasteiger partial charge in [-0.3, -0.25) is 9.59 Å². The van der Waals surface area contributed by atoms with Crippen molar-refractivity contribution < 1.29 is 28.2 Å². The Morgan fingerprint density at radius 2 is 1.98 bits per heavy atom. The summed E-state index contributed by atoms with van der Waals surface area (Å²) < 4.78 is 37.3. The van der Waals surface area contributed by atoms with Crippen molar-refractivity contribution in [3.8, 4) is 5.69 Å². The fourth-order valence-electron chi connectivity index (χ4n) is 5.66. The van der Waals surface area contributed by atoms with Gasteiger partial charge in [0.15, 0.2) is 5.82 Å². The number of nitrogen functional groups attached to an aromatic ring is 1. The first kappa shape index (κ1) is 30.2. The summed E-state index contributed by atoms with van der Waals surface area (Å²) in [4.78, 5) is 41.5. The van der Waals surface area contributed by atoms with Crippen molar-refractivity contribution in [2.45, 2.75) is 39.3 Å². The zero-order valence-corrected chi connectivity index (χ0v) is 24.7. The number of carbonyl (C=O) groups is 2. The molecular weight excluding hydrogens is 582 g/mol. The number of pyridine rings is 1. The highest BCUT2D eigenvalue weighted by atomic mass is 35.5. The van der Waals surface area contributed by atoms with Gasteiger partial charge in [0.1, 0.15) is 18.0 Å². The van der Waals surface area contributed by atoms with E-state index >= 15 is 4.39 Å². The Morgan fingerprint density at radius 1 is 1.28 bits per heavy atom. The number of ether oxygens (including phenoxy) is 1. The Kier molecular flexibility index (Phi) is 8.06. The number of aliphatic hydroxyl groups is 1. The van der Waals surface area contributed by atoms with Gasteiger partial charge < -0.3 is 29.9 Å². The van der Waals surface area contributed by atoms with E-state index in [9.17, 15) is 23.9 Å². The topological polar surface area (TPSA) is 118 Å². The van der Waals surface area contributed by atoms with E-state index in [0.29, 0.717) is 32.3 Å². The van der Waals surface area contributed by atoms with Crippen molar-refractivity contribution in [3.05, 3.63) is 85.2 Å². The van der Waals surface area contributed by atoms with Crippen LogP contribution in [-0.2, 0) is 16.1 Å². The molecule has 226 valence electrons. The van der Waals surface area contributed by atoms with Gasteiger partial charge in [0.2, 0.25) is 11.8 Å². The van der Waals surface area contributed by atoms with Crippen LogP contribution in [0.4, 0.5) is 20.2 Å². The number of anilines is 2. The number of rotatable bonds is 8. The zero-order chi connectivity index (χ0) is 31.3. The molecule has 0 spiro atoms. The van der Waals surface area contributed by atoms with E-state index in [0.717, 1.165) is 22.8 Å². The van der Waals surface area contributed by atoms with E-state index in [1.54, 1.807) is 11.9 Å². The van der Waals surface area contributed by atoms with Crippen molar-refractivity contribution >= 4 is 46.3 Å². The summed E-state index contributed by atoms with van der Waals surface area (Å²) in [6, 6.07) is 2.11. The molecule has 43 heavy (non-hydrogen) atoms. The van der Waals surface area contributed by atoms with Crippen LogP contribution < -0.4 is 16.1 Å². The summed E-state index contributed by atoms with van der Waals surface area (Å²) in [6.07, 6.45) is 3.16. The van der Waals surface area contributed by atoms with Crippen LogP contribution in [-0.4, -0.2) is 59.7 Å². The molecule has 9 nitrogen and oxygen atoms in total. The standard InChI is InChI=1S/C31H31ClF2N4O5/c1-15-5-16(2)19(6-15)13-43-31(42)21-11-38(24-8-23(35)22(33)7-18(24)12-39)28-25(30(21)41)17(3)27(34)29(26(28)32)37-9-20(10-37)36(4)14-40/h7-8,11,14,20,39H,1,5-6,9-10,12-13,35H2,2-4H3. The largest absolute Gasteiger partial charge is 0.457 e. The van der Waals surface area contributed by atoms with E-state index in [1.807, 2.05) is 6.92 Å². The number of esters is 1. The van der Waals surface area contributed by atoms with E-state index in [2.05, 4.69) is 6.58 Å². The quantitative estimate of drug-likeness (QED) is 0.167. The van der Waals surface area contributed by atoms with E-state index in [4.69, 9.17) is 22.1 Å². The Balaban J connectivity index is 1.73. The molecule has 0 bridgehead atoms. The third kappa shape index (κ3) is 5.16. The molecule has 1 saturated heterocycles. The van der Waals surface area contributed by atoms with Gasteiger partial charge in [-0.2, -0.15) is 0 Å². The molecule has 0 saturated carbocycles. The van der Waals surface area contributed by atoms with Crippen LogP contribution in [0.5, 0.6) is 0 Å². The number of fused-ring (bicyclic) bond motifs is 1. The summed E-state index contributed by atoms with van der Waals surface area (Å²) >= 11 is 6.87. The van der Waals surface area contributed by atoms with Crippen LogP contribution in [0.3, 0.4) is 0 Å². The maximum Gasteiger partial charge on any atom is 0.344 e. The first-order valence-corrected chi connectivity index (χ1v) is 13.9. The first-order chi connectivity index (χ1) is 20.4. The fourth-order valence-corrected chi connectivity index (χ4v) is 6.05. The number of carbonyl (C=O) groups excluding carboxylic acids is 2. The molecule has 1 aromatic heterocycles. The van der Waals surface area contributed by atoms with Gasteiger partial charge in [-0.1, -0.05) is 29.3 Å². The van der Waals surface area contributed by atoms with Gasteiger partial charge in [0.05, 0.1) is 45.6 Å². The Bertz CT molecular complexity index is 1800. The normalized spacial score (nSPS) is 15.3. The minimum atomic E-state index is -0.943. The van der Waals surface area contributed by atoms with Gasteiger partial charge in [0, 0.05) is 37.5 Å². The highest BCUT2D eigenvalue weighted by Crippen LogP contribution is 2.41. The van der Waals surface area contributed by atoms with Crippen molar-refractivity contribution in [1.29, 1.82) is 0 Å². The molecule has 3 N–H and O–H groups in total. The smallest absolute Gasteiger partial charge is 0.344 e. The lowest BCUT2D eigenvalue weighted by molar-refractivity contribution is -0.119. The Labute approximate surface area is 251 Å². The van der Waals surface area contributed by atoms with E-state index in [-0.39, 0.29) is 56.8 Å². The minimum Gasteiger partial charge on any atom is -0.457 e. The van der Waals surface area contributed by atoms with Crippen LogP contribution in [0, 0.1) is 18.6 Å². The lowest BCUT2D eigenvalue weighted by atomic mass is 10.00. The van der Waals surface area contributed by atoms with Crippen LogP contribution in [0.25, 0.3) is 16.6 Å². The molecule has 1 aliphatic carbocycles. The minimum absolute atomic E-state index is 0.00944. The second kappa shape index (κ2) is 11.5. The number of aryl methyl sites for hydroxylation is 1. The molecule has 1 fully saturated rings. The molecule has 5 rings (SSSR count). The molecule has 1 aliphatic heterocycles. The summed E-state index contributed by atoms with van der Waals surface area (Å²) in [5.41, 5.74) is 7.52. The summed E-state index contributed by atoms with van der Waals surface area (Å²) in [5.74, 6) is -2.48. The Morgan fingerprint density at radius 3 is 2.58 bits per heavy atom. The third-order valence-corrected chi connectivity index (χ3v) is 8.62. The summed E-state index contributed by atoms with van der Waals surface area (Å²) in [5, 5.41) is 9.77. The van der Waals surface area contributed by atoms with Gasteiger partial charge in [-0.25, -0.2) is 13.6 Å². The predicted molar refractivity (Wildman–Crippen MR) is 161 cm³/mol. The van der Waals surface area contributed by atoms with E-state index < -0.39 is 35.2 Å². The second-order valence-corrected chi connectivity index (χ2v) is 11.5. The second-order valence-electron chi connectivity index (χ2n) is 11.1. The molecule has 0 radical (unpaired) electrons. The van der Waals surface area contributed by atoms with Crippen molar-refractivity contribution in [1.82, 2.24) is 9.47 Å². The highest BCUT2D eigenvalue weighted by Gasteiger charge is 2.35. The summed E-state index contributed by atoms with van der Waals surface area (Å²) in [7, 11) is 1.62. The molecule has 0 unspecified atom stereocenters. The number of likely N-dealkylation sites (N-methyl/N-ethyl adjacent to an activating group) is 1. The molecule has 2 aromatic carbocycles. The lowest BCUT2D eigenvalue weighted by Crippen LogP contribution is -2.58. The zero-order valence-electron chi connectivity index (χ0n) is 24.0. The number of allylic oxidation sites excluding steroid dienone is 2. The predicted octanol–water partition coefficient (Wildman–Crippen LogP) is 4.41. The van der Waals surface area contributed by atoms with Gasteiger partial charge in [-0.15, -0.1) is 0 Å². The Hall–Kier alpha value is -4.22. The molecule has 2 aliphatic rings. The van der Waals surface area contributed by atoms with Crippen LogP contribution >= 0.6 is 11.6 Å². The van der Waals surface area contributed by atoms with E-state index in [1.165, 1.54) is 28.7 Å². The molecular formula is C31H31ClF2N4O5. The maximum atomic E-state index is 16.0. The van der Waals surface area contributed by atoms with Crippen molar-refractivity contribution in [3.63, 3.8) is 0 Å². The molecule has 2 heterocycles. The van der Waals surface area contributed by atoms with Gasteiger partial charge >= 0.3 is 5.97 Å². The fraction of sp³-hybridized carbons (Fsp3) is 0.323. The first-order valence-electron chi connectivity index (χ1n) is 13.6. The number of halogens is 3. The van der Waals surface area contributed by atoms with Crippen molar-refractivity contribution in [2.24, 2.45) is 0 Å². The molecule has 12 heteroatoms. The molecule has 0 atom stereocenters. The monoisotopic (exact) mass is 612 g/mol. The molecule has 1 amide bonds. The highest BCUT2D eigenvalue weighted by molar-refractivity contribution is 6.38. The van der Waals surface area contributed by atoms with Crippen LogP contribution in [0.1, 0.15) is 41.3 Å². The van der Waals surface area contributed by atoms with Gasteiger partial charge in [-0.05, 0) is 44.4 Å². The number of hydrogen-bond acceptors (Lipinski definition) is 7. The number of aliphatic hydroxyl groups excluding tert-OH is 1. The number of nitrogens with zero attached hydrogens (tertiary/aromatic N) is 3. The number of hydrogen-bond donors (Lipinski definition) is 2. The number of benzene rings is 2. The average Bonchev–Trinajstić information content (AvgIpc) is 3.28. The SMILES string of the molecule is C=C1CC(C)=C(COC(=O)c2cn(-c3cc(N)c(F)cc3CO)c3c(Cl)c(N4CC(N(C)C=O)C4)c(F)c(C)c3c2=O)C1. The van der Waals surface area contributed by atoms with Crippen LogP contribution in [0.15, 0.2) is 46.4 Å². The number of amides is 1. The van der Waals surface area contributed by atoms with Crippen molar-refractivity contribution in [2.75, 3.05) is 37.4 Å². The number of aromatic nitrogens is 1. The number of nitrogens with two attached hydrogens (primary N) is 1. The molecule has 3 aromatic rings. The lowest BCUT2D eigenvalue weighted by Gasteiger charge is -2.44. The summed E-state index contributed by atoms with van der Waals surface area (Å²) in [6.45, 7) is 7.21. The van der Waals surface area contributed by atoms with Gasteiger partial charge in [0.25, 0.3) is 0 Å². The average molecular weight is 613 g/mol. The van der Waals surface area contributed by atoms with Crippen LogP contribution in [0.2, 0.25) is 5.02 Å². The maximum absolute atomic E-state index is 16.0.